The Morgan fingerprint density at radius 2 is 2.27 bits per heavy atom. The van der Waals surface area contributed by atoms with Crippen LogP contribution in [-0.4, -0.2) is 19.5 Å². The minimum Gasteiger partial charge on any atom is -0.495 e. The summed E-state index contributed by atoms with van der Waals surface area (Å²) in [5.74, 6) is 1.37. The first-order valence-electron chi connectivity index (χ1n) is 4.56. The van der Waals surface area contributed by atoms with Crippen LogP contribution >= 0.6 is 27.5 Å². The third kappa shape index (κ3) is 4.14. The van der Waals surface area contributed by atoms with Gasteiger partial charge in [0.1, 0.15) is 5.75 Å². The lowest BCUT2D eigenvalue weighted by atomic mass is 10.3. The molecule has 0 aliphatic carbocycles. The van der Waals surface area contributed by atoms with Gasteiger partial charge in [0.2, 0.25) is 0 Å². The molecular formula is C11H13BrClNO. The van der Waals surface area contributed by atoms with E-state index in [9.17, 15) is 0 Å². The van der Waals surface area contributed by atoms with Gasteiger partial charge in [-0.25, -0.2) is 0 Å². The van der Waals surface area contributed by atoms with Gasteiger partial charge in [0.25, 0.3) is 0 Å². The second kappa shape index (κ2) is 6.75. The van der Waals surface area contributed by atoms with Gasteiger partial charge in [0, 0.05) is 16.9 Å². The quantitative estimate of drug-likeness (QED) is 0.660. The molecule has 0 unspecified atom stereocenters. The number of allylic oxidation sites excluding steroid dienone is 1. The van der Waals surface area contributed by atoms with E-state index in [1.165, 1.54) is 0 Å². The van der Waals surface area contributed by atoms with Crippen LogP contribution in [0.1, 0.15) is 0 Å². The zero-order chi connectivity index (χ0) is 11.1. The molecule has 0 radical (unpaired) electrons. The van der Waals surface area contributed by atoms with Gasteiger partial charge in [-0.2, -0.15) is 0 Å². The Bertz CT molecular complexity index is 341. The van der Waals surface area contributed by atoms with Crippen LogP contribution in [-0.2, 0) is 0 Å². The smallest absolute Gasteiger partial charge is 0.142 e. The van der Waals surface area contributed by atoms with Gasteiger partial charge in [0.15, 0.2) is 0 Å². The van der Waals surface area contributed by atoms with Crippen molar-refractivity contribution in [2.45, 2.75) is 0 Å². The number of hydrogen-bond acceptors (Lipinski definition) is 2. The summed E-state index contributed by atoms with van der Waals surface area (Å²) in [6, 6.07) is 5.84. The van der Waals surface area contributed by atoms with Crippen molar-refractivity contribution in [1.82, 2.24) is 0 Å². The number of halogens is 2. The molecule has 15 heavy (non-hydrogen) atoms. The molecule has 0 aliphatic heterocycles. The minimum atomic E-state index is 0.539. The van der Waals surface area contributed by atoms with Crippen LogP contribution in [0.25, 0.3) is 0 Å². The van der Waals surface area contributed by atoms with E-state index in [1.807, 2.05) is 30.4 Å². The summed E-state index contributed by atoms with van der Waals surface area (Å²) < 4.78 is 6.24. The van der Waals surface area contributed by atoms with E-state index in [4.69, 9.17) is 16.3 Å². The highest BCUT2D eigenvalue weighted by Crippen LogP contribution is 2.27. The molecule has 1 N–H and O–H groups in total. The number of benzene rings is 1. The Kier molecular flexibility index (Phi) is 5.58. The summed E-state index contributed by atoms with van der Waals surface area (Å²) in [4.78, 5) is 0. The molecule has 0 saturated carbocycles. The predicted octanol–water partition coefficient (Wildman–Crippen LogP) is 3.66. The normalized spacial score (nSPS) is 10.6. The van der Waals surface area contributed by atoms with Crippen LogP contribution < -0.4 is 10.1 Å². The molecule has 82 valence electrons. The summed E-state index contributed by atoms with van der Waals surface area (Å²) in [7, 11) is 1.66. The summed E-state index contributed by atoms with van der Waals surface area (Å²) >= 11 is 8.93. The van der Waals surface area contributed by atoms with Gasteiger partial charge >= 0.3 is 0 Å². The van der Waals surface area contributed by atoms with Crippen molar-refractivity contribution in [1.29, 1.82) is 0 Å². The molecule has 1 rings (SSSR count). The molecule has 0 amide bonds. The van der Waals surface area contributed by atoms with Gasteiger partial charge in [0.05, 0.1) is 12.8 Å². The number of hydrogen-bond donors (Lipinski definition) is 1. The minimum absolute atomic E-state index is 0.539. The fraction of sp³-hybridized carbons (Fsp3) is 0.273. The number of nitrogens with one attached hydrogen (secondary N) is 1. The van der Waals surface area contributed by atoms with Crippen molar-refractivity contribution in [3.63, 3.8) is 0 Å². The zero-order valence-corrected chi connectivity index (χ0v) is 10.8. The number of alkyl halides is 1. The predicted molar refractivity (Wildman–Crippen MR) is 69.0 cm³/mol. The molecule has 0 aliphatic rings. The van der Waals surface area contributed by atoms with E-state index in [0.29, 0.717) is 5.88 Å². The van der Waals surface area contributed by atoms with E-state index in [0.717, 1.165) is 22.5 Å². The molecule has 0 saturated heterocycles. The molecule has 1 aromatic rings. The molecule has 4 heteroatoms. The number of rotatable bonds is 5. The number of methoxy groups -OCH3 is 1. The SMILES string of the molecule is COc1ccc(Br)cc1NC/C=C/CCl. The molecule has 0 fully saturated rings. The Labute approximate surface area is 103 Å². The van der Waals surface area contributed by atoms with E-state index < -0.39 is 0 Å². The van der Waals surface area contributed by atoms with Gasteiger partial charge in [-0.1, -0.05) is 28.1 Å². The van der Waals surface area contributed by atoms with E-state index in [-0.39, 0.29) is 0 Å². The van der Waals surface area contributed by atoms with Crippen LogP contribution in [0.15, 0.2) is 34.8 Å². The van der Waals surface area contributed by atoms with Gasteiger partial charge in [-0.15, -0.1) is 11.6 Å². The maximum atomic E-state index is 5.52. The highest BCUT2D eigenvalue weighted by atomic mass is 79.9. The van der Waals surface area contributed by atoms with E-state index >= 15 is 0 Å². The Morgan fingerprint density at radius 3 is 2.93 bits per heavy atom. The lowest BCUT2D eigenvalue weighted by Crippen LogP contribution is -2.00. The number of anilines is 1. The Hall–Kier alpha value is -0.670. The summed E-state index contributed by atoms with van der Waals surface area (Å²) in [6.07, 6.45) is 3.88. The fourth-order valence-corrected chi connectivity index (χ4v) is 1.62. The molecule has 2 nitrogen and oxygen atoms in total. The summed E-state index contributed by atoms with van der Waals surface area (Å²) in [5.41, 5.74) is 0.964. The molecule has 0 aromatic heterocycles. The Morgan fingerprint density at radius 1 is 1.47 bits per heavy atom. The average Bonchev–Trinajstić information content (AvgIpc) is 2.25. The largest absolute Gasteiger partial charge is 0.495 e. The molecule has 1 aromatic carbocycles. The molecule has 0 spiro atoms. The fourth-order valence-electron chi connectivity index (χ4n) is 1.13. The second-order valence-corrected chi connectivity index (χ2v) is 4.08. The van der Waals surface area contributed by atoms with Crippen molar-refractivity contribution in [2.75, 3.05) is 24.9 Å². The van der Waals surface area contributed by atoms with Crippen LogP contribution in [0, 0.1) is 0 Å². The van der Waals surface area contributed by atoms with Gasteiger partial charge < -0.3 is 10.1 Å². The average molecular weight is 291 g/mol. The van der Waals surface area contributed by atoms with Gasteiger partial charge in [-0.3, -0.25) is 0 Å². The van der Waals surface area contributed by atoms with Crippen molar-refractivity contribution >= 4 is 33.2 Å². The lowest BCUT2D eigenvalue weighted by molar-refractivity contribution is 0.416. The zero-order valence-electron chi connectivity index (χ0n) is 8.47. The standard InChI is InChI=1S/C11H13BrClNO/c1-15-11-5-4-9(12)8-10(11)14-7-3-2-6-13/h2-5,8,14H,6-7H2,1H3/b3-2+. The monoisotopic (exact) mass is 289 g/mol. The van der Waals surface area contributed by atoms with E-state index in [1.54, 1.807) is 7.11 Å². The van der Waals surface area contributed by atoms with Gasteiger partial charge in [-0.05, 0) is 18.2 Å². The molecule has 0 atom stereocenters. The highest BCUT2D eigenvalue weighted by molar-refractivity contribution is 9.10. The second-order valence-electron chi connectivity index (χ2n) is 2.85. The maximum absolute atomic E-state index is 5.52. The van der Waals surface area contributed by atoms with Crippen LogP contribution in [0.4, 0.5) is 5.69 Å². The third-order valence-electron chi connectivity index (χ3n) is 1.83. The van der Waals surface area contributed by atoms with Crippen LogP contribution in [0.5, 0.6) is 5.75 Å². The van der Waals surface area contributed by atoms with Crippen molar-refractivity contribution in [2.24, 2.45) is 0 Å². The Balaban J connectivity index is 2.65. The topological polar surface area (TPSA) is 21.3 Å². The van der Waals surface area contributed by atoms with Crippen molar-refractivity contribution in [3.8, 4) is 5.75 Å². The molecular weight excluding hydrogens is 277 g/mol. The maximum Gasteiger partial charge on any atom is 0.142 e. The van der Waals surface area contributed by atoms with Crippen molar-refractivity contribution in [3.05, 3.63) is 34.8 Å². The van der Waals surface area contributed by atoms with Crippen LogP contribution in [0.2, 0.25) is 0 Å². The van der Waals surface area contributed by atoms with E-state index in [2.05, 4.69) is 21.2 Å². The first-order valence-corrected chi connectivity index (χ1v) is 5.89. The summed E-state index contributed by atoms with van der Waals surface area (Å²) in [6.45, 7) is 0.736. The lowest BCUT2D eigenvalue weighted by Gasteiger charge is -2.09. The molecule has 0 bridgehead atoms. The highest BCUT2D eigenvalue weighted by Gasteiger charge is 2.01. The van der Waals surface area contributed by atoms with Crippen LogP contribution in [0.3, 0.4) is 0 Å². The third-order valence-corrected chi connectivity index (χ3v) is 2.50. The van der Waals surface area contributed by atoms with Crippen molar-refractivity contribution < 1.29 is 4.74 Å². The molecule has 0 heterocycles. The first-order chi connectivity index (χ1) is 7.27. The number of ether oxygens (including phenoxy) is 1. The summed E-state index contributed by atoms with van der Waals surface area (Å²) in [5, 5.41) is 3.24. The first kappa shape index (κ1) is 12.4.